The van der Waals surface area contributed by atoms with Gasteiger partial charge in [0.1, 0.15) is 0 Å². The lowest BCUT2D eigenvalue weighted by atomic mass is 9.98. The van der Waals surface area contributed by atoms with Gasteiger partial charge in [0.05, 0.1) is 6.04 Å². The maximum atomic E-state index is 12.3. The Kier molecular flexibility index (Phi) is 2.95. The Labute approximate surface area is 102 Å². The van der Waals surface area contributed by atoms with E-state index in [1.807, 2.05) is 30.3 Å². The number of carbonyl (C=O) groups excluding carboxylic acids is 1. The number of hydrogen-bond donors (Lipinski definition) is 0. The van der Waals surface area contributed by atoms with Gasteiger partial charge in [-0.1, -0.05) is 30.3 Å². The summed E-state index contributed by atoms with van der Waals surface area (Å²) in [5.74, 6) is 0.376. The van der Waals surface area contributed by atoms with Crippen molar-refractivity contribution in [3.05, 3.63) is 35.9 Å². The molecule has 1 aromatic rings. The second-order valence-electron chi connectivity index (χ2n) is 4.98. The molecule has 3 aliphatic heterocycles. The highest BCUT2D eigenvalue weighted by Crippen LogP contribution is 2.17. The SMILES string of the molecule is O=C(Cc1ccccc1)C1CN2CCN1CC2. The van der Waals surface area contributed by atoms with E-state index in [-0.39, 0.29) is 6.04 Å². The Bertz CT molecular complexity index is 396. The van der Waals surface area contributed by atoms with Gasteiger partial charge in [0, 0.05) is 39.1 Å². The van der Waals surface area contributed by atoms with E-state index in [9.17, 15) is 4.79 Å². The van der Waals surface area contributed by atoms with Crippen molar-refractivity contribution >= 4 is 5.78 Å². The molecule has 0 spiro atoms. The van der Waals surface area contributed by atoms with E-state index < -0.39 is 0 Å². The molecule has 1 atom stereocenters. The second-order valence-corrected chi connectivity index (χ2v) is 4.98. The molecule has 17 heavy (non-hydrogen) atoms. The molecular formula is C14H18N2O. The summed E-state index contributed by atoms with van der Waals surface area (Å²) in [6.45, 7) is 5.33. The zero-order chi connectivity index (χ0) is 11.7. The Morgan fingerprint density at radius 2 is 1.82 bits per heavy atom. The molecule has 3 saturated heterocycles. The maximum absolute atomic E-state index is 12.3. The highest BCUT2D eigenvalue weighted by Gasteiger charge is 2.35. The van der Waals surface area contributed by atoms with Crippen LogP contribution in [0.15, 0.2) is 30.3 Å². The third kappa shape index (κ3) is 2.26. The van der Waals surface area contributed by atoms with Crippen molar-refractivity contribution in [1.29, 1.82) is 0 Å². The number of nitrogens with zero attached hydrogens (tertiary/aromatic N) is 2. The topological polar surface area (TPSA) is 23.6 Å². The van der Waals surface area contributed by atoms with Crippen molar-refractivity contribution < 1.29 is 4.79 Å². The largest absolute Gasteiger partial charge is 0.299 e. The van der Waals surface area contributed by atoms with Crippen LogP contribution in [0.3, 0.4) is 0 Å². The lowest BCUT2D eigenvalue weighted by Gasteiger charge is -2.46. The maximum Gasteiger partial charge on any atom is 0.155 e. The number of rotatable bonds is 3. The molecule has 1 unspecified atom stereocenters. The first-order valence-electron chi connectivity index (χ1n) is 6.36. The summed E-state index contributed by atoms with van der Waals surface area (Å²) in [5.41, 5.74) is 1.13. The Hall–Kier alpha value is -1.19. The average molecular weight is 230 g/mol. The van der Waals surface area contributed by atoms with Crippen molar-refractivity contribution in [3.8, 4) is 0 Å². The van der Waals surface area contributed by atoms with Gasteiger partial charge in [0.2, 0.25) is 0 Å². The van der Waals surface area contributed by atoms with Gasteiger partial charge in [-0.25, -0.2) is 0 Å². The zero-order valence-electron chi connectivity index (χ0n) is 10.0. The fourth-order valence-electron chi connectivity index (χ4n) is 2.84. The van der Waals surface area contributed by atoms with Crippen LogP contribution in [0.25, 0.3) is 0 Å². The van der Waals surface area contributed by atoms with E-state index in [4.69, 9.17) is 0 Å². The highest BCUT2D eigenvalue weighted by molar-refractivity contribution is 5.86. The van der Waals surface area contributed by atoms with Gasteiger partial charge in [-0.2, -0.15) is 0 Å². The van der Waals surface area contributed by atoms with Crippen LogP contribution < -0.4 is 0 Å². The summed E-state index contributed by atoms with van der Waals surface area (Å²) < 4.78 is 0. The normalized spacial score (nSPS) is 31.4. The van der Waals surface area contributed by atoms with Crippen LogP contribution in [-0.4, -0.2) is 54.3 Å². The minimum atomic E-state index is 0.137. The van der Waals surface area contributed by atoms with Gasteiger partial charge < -0.3 is 0 Å². The monoisotopic (exact) mass is 230 g/mol. The lowest BCUT2D eigenvalue weighted by molar-refractivity contribution is -0.128. The Morgan fingerprint density at radius 3 is 2.41 bits per heavy atom. The fourth-order valence-corrected chi connectivity index (χ4v) is 2.84. The predicted octanol–water partition coefficient (Wildman–Crippen LogP) is 0.798. The lowest BCUT2D eigenvalue weighted by Crippen LogP contribution is -2.63. The molecule has 1 aromatic carbocycles. The summed E-state index contributed by atoms with van der Waals surface area (Å²) in [6, 6.07) is 10.2. The number of carbonyl (C=O) groups is 1. The average Bonchev–Trinajstić information content (AvgIpc) is 2.41. The van der Waals surface area contributed by atoms with Crippen molar-refractivity contribution in [3.63, 3.8) is 0 Å². The molecule has 3 heteroatoms. The standard InChI is InChI=1S/C14H18N2O/c17-14(10-12-4-2-1-3-5-12)13-11-15-6-8-16(13)9-7-15/h1-5,13H,6-11H2. The van der Waals surface area contributed by atoms with Crippen LogP contribution in [0, 0.1) is 0 Å². The molecule has 0 saturated carbocycles. The van der Waals surface area contributed by atoms with Crippen LogP contribution >= 0.6 is 0 Å². The van der Waals surface area contributed by atoms with Crippen molar-refractivity contribution in [1.82, 2.24) is 9.80 Å². The molecule has 2 bridgehead atoms. The minimum absolute atomic E-state index is 0.137. The molecule has 3 fully saturated rings. The summed E-state index contributed by atoms with van der Waals surface area (Å²) >= 11 is 0. The molecule has 0 amide bonds. The van der Waals surface area contributed by atoms with Gasteiger partial charge in [0.15, 0.2) is 5.78 Å². The van der Waals surface area contributed by atoms with Crippen molar-refractivity contribution in [2.24, 2.45) is 0 Å². The number of ketones is 1. The number of hydrogen-bond acceptors (Lipinski definition) is 3. The van der Waals surface area contributed by atoms with E-state index in [2.05, 4.69) is 9.80 Å². The van der Waals surface area contributed by atoms with E-state index in [0.29, 0.717) is 12.2 Å². The van der Waals surface area contributed by atoms with Crippen LogP contribution in [0.1, 0.15) is 5.56 Å². The summed E-state index contributed by atoms with van der Waals surface area (Å²) in [7, 11) is 0. The van der Waals surface area contributed by atoms with Crippen LogP contribution in [0.4, 0.5) is 0 Å². The predicted molar refractivity (Wildman–Crippen MR) is 67.0 cm³/mol. The summed E-state index contributed by atoms with van der Waals surface area (Å²) in [4.78, 5) is 17.1. The molecule has 4 rings (SSSR count). The van der Waals surface area contributed by atoms with E-state index in [1.54, 1.807) is 0 Å². The zero-order valence-corrected chi connectivity index (χ0v) is 10.0. The van der Waals surface area contributed by atoms with E-state index in [1.165, 1.54) is 0 Å². The minimum Gasteiger partial charge on any atom is -0.299 e. The van der Waals surface area contributed by atoms with Gasteiger partial charge in [0.25, 0.3) is 0 Å². The molecule has 90 valence electrons. The molecular weight excluding hydrogens is 212 g/mol. The van der Waals surface area contributed by atoms with Gasteiger partial charge >= 0.3 is 0 Å². The number of piperazine rings is 3. The molecule has 0 N–H and O–H groups in total. The Balaban J connectivity index is 1.67. The molecule has 0 aromatic heterocycles. The molecule has 3 aliphatic rings. The smallest absolute Gasteiger partial charge is 0.155 e. The van der Waals surface area contributed by atoms with Crippen LogP contribution in [-0.2, 0) is 11.2 Å². The third-order valence-electron chi connectivity index (χ3n) is 3.87. The van der Waals surface area contributed by atoms with Crippen molar-refractivity contribution in [2.75, 3.05) is 32.7 Å². The van der Waals surface area contributed by atoms with E-state index in [0.717, 1.165) is 38.3 Å². The summed E-state index contributed by atoms with van der Waals surface area (Å²) in [5, 5.41) is 0. The number of fused-ring (bicyclic) bond motifs is 3. The van der Waals surface area contributed by atoms with Crippen LogP contribution in [0.5, 0.6) is 0 Å². The third-order valence-corrected chi connectivity index (χ3v) is 3.87. The van der Waals surface area contributed by atoms with Crippen molar-refractivity contribution in [2.45, 2.75) is 12.5 Å². The first kappa shape index (κ1) is 10.9. The van der Waals surface area contributed by atoms with Crippen LogP contribution in [0.2, 0.25) is 0 Å². The number of benzene rings is 1. The first-order valence-corrected chi connectivity index (χ1v) is 6.36. The number of Topliss-reactive ketones (excluding diaryl/α,β-unsaturated/α-hetero) is 1. The van der Waals surface area contributed by atoms with Gasteiger partial charge in [-0.15, -0.1) is 0 Å². The Morgan fingerprint density at radius 1 is 1.12 bits per heavy atom. The second kappa shape index (κ2) is 4.59. The molecule has 0 aliphatic carbocycles. The quantitative estimate of drug-likeness (QED) is 0.767. The van der Waals surface area contributed by atoms with E-state index >= 15 is 0 Å². The molecule has 3 heterocycles. The highest BCUT2D eigenvalue weighted by atomic mass is 16.1. The molecule has 0 radical (unpaired) electrons. The van der Waals surface area contributed by atoms with Gasteiger partial charge in [-0.3, -0.25) is 14.6 Å². The first-order chi connectivity index (χ1) is 8.33. The fraction of sp³-hybridized carbons (Fsp3) is 0.500. The molecule has 3 nitrogen and oxygen atoms in total. The summed E-state index contributed by atoms with van der Waals surface area (Å²) in [6.07, 6.45) is 0.579. The van der Waals surface area contributed by atoms with Gasteiger partial charge in [-0.05, 0) is 5.56 Å².